The molecule has 1 unspecified atom stereocenters. The van der Waals surface area contributed by atoms with Gasteiger partial charge >= 0.3 is 0 Å². The fourth-order valence-electron chi connectivity index (χ4n) is 1.95. The highest BCUT2D eigenvalue weighted by atomic mass is 32.1. The second kappa shape index (κ2) is 6.36. The van der Waals surface area contributed by atoms with E-state index >= 15 is 0 Å². The largest absolute Gasteiger partial charge is 0.339 e. The normalized spacial score (nSPS) is 11.7. The molecule has 3 nitrogen and oxygen atoms in total. The highest BCUT2D eigenvalue weighted by Crippen LogP contribution is 2.15. The highest BCUT2D eigenvalue weighted by molar-refractivity contribution is 7.09. The number of likely N-dealkylation sites (N-methyl/N-ethyl adjacent to an activating group) is 1. The minimum atomic E-state index is -0.0152. The molecule has 1 heterocycles. The van der Waals surface area contributed by atoms with E-state index in [1.54, 1.807) is 40.5 Å². The van der Waals surface area contributed by atoms with Crippen molar-refractivity contribution >= 4 is 17.2 Å². The summed E-state index contributed by atoms with van der Waals surface area (Å²) in [6, 6.07) is 13.0. The van der Waals surface area contributed by atoms with Crippen molar-refractivity contribution in [1.82, 2.24) is 4.90 Å². The molecule has 2 rings (SSSR count). The van der Waals surface area contributed by atoms with Gasteiger partial charge in [0.05, 0.1) is 11.6 Å². The monoisotopic (exact) mass is 284 g/mol. The van der Waals surface area contributed by atoms with Gasteiger partial charge in [0.1, 0.15) is 0 Å². The summed E-state index contributed by atoms with van der Waals surface area (Å²) >= 11 is 1.71. The molecule has 0 spiro atoms. The maximum absolute atomic E-state index is 12.4. The summed E-state index contributed by atoms with van der Waals surface area (Å²) in [5.41, 5.74) is 1.18. The maximum Gasteiger partial charge on any atom is 0.253 e. The van der Waals surface area contributed by atoms with Crippen LogP contribution in [0.2, 0.25) is 0 Å². The number of rotatable bonds is 4. The third-order valence-electron chi connectivity index (χ3n) is 3.32. The zero-order chi connectivity index (χ0) is 14.5. The van der Waals surface area contributed by atoms with Gasteiger partial charge in [-0.05, 0) is 42.6 Å². The van der Waals surface area contributed by atoms with Crippen molar-refractivity contribution in [2.24, 2.45) is 0 Å². The molecule has 0 aliphatic heterocycles. The van der Waals surface area contributed by atoms with Crippen molar-refractivity contribution in [3.05, 3.63) is 57.8 Å². The van der Waals surface area contributed by atoms with Crippen molar-refractivity contribution in [2.45, 2.75) is 19.4 Å². The molecule has 0 radical (unpaired) electrons. The lowest BCUT2D eigenvalue weighted by Gasteiger charge is -2.24. The average Bonchev–Trinajstić information content (AvgIpc) is 2.98. The smallest absolute Gasteiger partial charge is 0.253 e. The molecule has 1 amide bonds. The molecular weight excluding hydrogens is 268 g/mol. The fraction of sp³-hybridized carbons (Fsp3) is 0.250. The third-order valence-corrected chi connectivity index (χ3v) is 4.22. The summed E-state index contributed by atoms with van der Waals surface area (Å²) in [6.45, 7) is 2.04. The molecule has 1 aromatic heterocycles. The lowest BCUT2D eigenvalue weighted by atomic mass is 10.1. The highest BCUT2D eigenvalue weighted by Gasteiger charge is 2.18. The van der Waals surface area contributed by atoms with Crippen LogP contribution < -0.4 is 0 Å². The van der Waals surface area contributed by atoms with Gasteiger partial charge in [-0.1, -0.05) is 6.07 Å². The van der Waals surface area contributed by atoms with E-state index in [9.17, 15) is 4.79 Å². The van der Waals surface area contributed by atoms with Crippen LogP contribution in [0.25, 0.3) is 0 Å². The number of carbonyl (C=O) groups is 1. The lowest BCUT2D eigenvalue weighted by molar-refractivity contribution is 0.0744. The summed E-state index contributed by atoms with van der Waals surface area (Å²) < 4.78 is 0. The van der Waals surface area contributed by atoms with E-state index < -0.39 is 0 Å². The van der Waals surface area contributed by atoms with Gasteiger partial charge in [-0.3, -0.25) is 4.79 Å². The number of carbonyl (C=O) groups excluding carboxylic acids is 1. The Hall–Kier alpha value is -2.12. The van der Waals surface area contributed by atoms with E-state index in [1.165, 1.54) is 4.88 Å². The number of hydrogen-bond acceptors (Lipinski definition) is 3. The van der Waals surface area contributed by atoms with Gasteiger partial charge < -0.3 is 4.90 Å². The Labute approximate surface area is 123 Å². The minimum absolute atomic E-state index is 0.0152. The van der Waals surface area contributed by atoms with Crippen LogP contribution in [0.15, 0.2) is 41.8 Å². The van der Waals surface area contributed by atoms with Gasteiger partial charge in [0.25, 0.3) is 5.91 Å². The Bertz CT molecular complexity index is 611. The maximum atomic E-state index is 12.4. The van der Waals surface area contributed by atoms with E-state index in [0.29, 0.717) is 11.1 Å². The SMILES string of the molecule is CC(Cc1cccs1)N(C)C(=O)c1ccc(C#N)cc1. The first-order chi connectivity index (χ1) is 9.61. The second-order valence-electron chi connectivity index (χ2n) is 4.74. The molecule has 0 bridgehead atoms. The zero-order valence-electron chi connectivity index (χ0n) is 11.5. The molecule has 2 aromatic rings. The lowest BCUT2D eigenvalue weighted by Crippen LogP contribution is -2.36. The summed E-state index contributed by atoms with van der Waals surface area (Å²) in [7, 11) is 1.82. The van der Waals surface area contributed by atoms with E-state index in [4.69, 9.17) is 5.26 Å². The van der Waals surface area contributed by atoms with E-state index in [2.05, 4.69) is 12.1 Å². The first kappa shape index (κ1) is 14.3. The van der Waals surface area contributed by atoms with Crippen LogP contribution in [0.3, 0.4) is 0 Å². The quantitative estimate of drug-likeness (QED) is 0.864. The molecule has 0 saturated carbocycles. The van der Waals surface area contributed by atoms with Crippen LogP contribution in [0.5, 0.6) is 0 Å². The van der Waals surface area contributed by atoms with Gasteiger partial charge in [0, 0.05) is 30.0 Å². The van der Waals surface area contributed by atoms with Crippen LogP contribution in [0.1, 0.15) is 27.7 Å². The average molecular weight is 284 g/mol. The molecule has 102 valence electrons. The number of hydrogen-bond donors (Lipinski definition) is 0. The van der Waals surface area contributed by atoms with Crippen molar-refractivity contribution < 1.29 is 4.79 Å². The zero-order valence-corrected chi connectivity index (χ0v) is 12.4. The molecule has 1 aromatic carbocycles. The van der Waals surface area contributed by atoms with E-state index in [0.717, 1.165) is 6.42 Å². The predicted octanol–water partition coefficient (Wildman–Crippen LogP) is 3.32. The Morgan fingerprint density at radius 1 is 1.35 bits per heavy atom. The Balaban J connectivity index is 2.05. The molecule has 0 aliphatic rings. The second-order valence-corrected chi connectivity index (χ2v) is 5.77. The van der Waals surface area contributed by atoms with Crippen molar-refractivity contribution in [1.29, 1.82) is 5.26 Å². The van der Waals surface area contributed by atoms with E-state index in [-0.39, 0.29) is 11.9 Å². The molecule has 0 aliphatic carbocycles. The number of thiophene rings is 1. The van der Waals surface area contributed by atoms with Crippen LogP contribution in [-0.4, -0.2) is 23.9 Å². The third kappa shape index (κ3) is 3.25. The van der Waals surface area contributed by atoms with Crippen molar-refractivity contribution in [2.75, 3.05) is 7.05 Å². The summed E-state index contributed by atoms with van der Waals surface area (Å²) in [5.74, 6) is -0.0152. The molecule has 0 fully saturated rings. The number of nitriles is 1. The van der Waals surface area contributed by atoms with E-state index in [1.807, 2.05) is 25.4 Å². The van der Waals surface area contributed by atoms with Gasteiger partial charge in [0.15, 0.2) is 0 Å². The molecule has 0 saturated heterocycles. The Morgan fingerprint density at radius 3 is 2.60 bits per heavy atom. The Kier molecular flexibility index (Phi) is 4.54. The first-order valence-corrected chi connectivity index (χ1v) is 7.29. The van der Waals surface area contributed by atoms with Crippen molar-refractivity contribution in [3.8, 4) is 6.07 Å². The number of benzene rings is 1. The minimum Gasteiger partial charge on any atom is -0.339 e. The first-order valence-electron chi connectivity index (χ1n) is 6.41. The standard InChI is InChI=1S/C16H16N2OS/c1-12(10-15-4-3-9-20-15)18(2)16(19)14-7-5-13(11-17)6-8-14/h3-9,12H,10H2,1-2H3. The number of amides is 1. The summed E-state index contributed by atoms with van der Waals surface area (Å²) in [5, 5.41) is 10.8. The summed E-state index contributed by atoms with van der Waals surface area (Å²) in [6.07, 6.45) is 0.857. The molecule has 1 atom stereocenters. The van der Waals surface area contributed by atoms with Gasteiger partial charge in [-0.2, -0.15) is 5.26 Å². The molecular formula is C16H16N2OS. The van der Waals surface area contributed by atoms with Crippen LogP contribution in [0.4, 0.5) is 0 Å². The fourth-order valence-corrected chi connectivity index (χ4v) is 2.77. The number of nitrogens with zero attached hydrogens (tertiary/aromatic N) is 2. The van der Waals surface area contributed by atoms with Crippen molar-refractivity contribution in [3.63, 3.8) is 0 Å². The van der Waals surface area contributed by atoms with Gasteiger partial charge in [-0.15, -0.1) is 11.3 Å². The van der Waals surface area contributed by atoms with Gasteiger partial charge in [-0.25, -0.2) is 0 Å². The van der Waals surface area contributed by atoms with Crippen LogP contribution in [0, 0.1) is 11.3 Å². The topological polar surface area (TPSA) is 44.1 Å². The van der Waals surface area contributed by atoms with Crippen LogP contribution >= 0.6 is 11.3 Å². The molecule has 20 heavy (non-hydrogen) atoms. The molecule has 0 N–H and O–H groups in total. The van der Waals surface area contributed by atoms with Gasteiger partial charge in [0.2, 0.25) is 0 Å². The summed E-state index contributed by atoms with van der Waals surface area (Å²) in [4.78, 5) is 15.4. The van der Waals surface area contributed by atoms with Crippen LogP contribution in [-0.2, 0) is 6.42 Å². The Morgan fingerprint density at radius 2 is 2.05 bits per heavy atom. The molecule has 4 heteroatoms. The predicted molar refractivity (Wildman–Crippen MR) is 80.7 cm³/mol.